The van der Waals surface area contributed by atoms with Crippen LogP contribution >= 0.6 is 0 Å². The molecule has 1 aliphatic rings. The summed E-state index contributed by atoms with van der Waals surface area (Å²) in [6.45, 7) is 1.78. The van der Waals surface area contributed by atoms with Crippen molar-refractivity contribution < 1.29 is 9.26 Å². The van der Waals surface area contributed by atoms with Gasteiger partial charge in [-0.25, -0.2) is 0 Å². The Morgan fingerprint density at radius 1 is 1.29 bits per heavy atom. The minimum Gasteiger partial charge on any atom is -0.497 e. The molecule has 2 aromatic rings. The molecule has 0 spiro atoms. The second-order valence-corrected chi connectivity index (χ2v) is 4.09. The van der Waals surface area contributed by atoms with Crippen molar-refractivity contribution in [3.63, 3.8) is 0 Å². The molecule has 1 aromatic heterocycles. The Kier molecular flexibility index (Phi) is 2.57. The topological polar surface area (TPSA) is 47.3 Å². The van der Waals surface area contributed by atoms with E-state index < -0.39 is 0 Å². The molecule has 1 aliphatic heterocycles. The van der Waals surface area contributed by atoms with E-state index in [1.165, 1.54) is 5.56 Å². The van der Waals surface area contributed by atoms with Crippen LogP contribution in [0, 0.1) is 0 Å². The summed E-state index contributed by atoms with van der Waals surface area (Å²) in [5.41, 5.74) is 3.32. The van der Waals surface area contributed by atoms with Gasteiger partial charge in [0.2, 0.25) is 0 Å². The van der Waals surface area contributed by atoms with E-state index in [0.717, 1.165) is 42.3 Å². The molecule has 0 fully saturated rings. The van der Waals surface area contributed by atoms with Crippen molar-refractivity contribution in [3.8, 4) is 17.1 Å². The number of hydrogen-bond acceptors (Lipinski definition) is 4. The van der Waals surface area contributed by atoms with Crippen molar-refractivity contribution in [1.82, 2.24) is 10.5 Å². The molecule has 0 saturated heterocycles. The average molecular weight is 230 g/mol. The first-order valence-corrected chi connectivity index (χ1v) is 5.71. The van der Waals surface area contributed by atoms with E-state index in [4.69, 9.17) is 9.26 Å². The second-order valence-electron chi connectivity index (χ2n) is 4.09. The molecule has 0 amide bonds. The first kappa shape index (κ1) is 10.4. The molecule has 4 heteroatoms. The number of nitrogens with one attached hydrogen (secondary N) is 1. The van der Waals surface area contributed by atoms with E-state index in [-0.39, 0.29) is 0 Å². The van der Waals surface area contributed by atoms with Crippen molar-refractivity contribution >= 4 is 0 Å². The Balaban J connectivity index is 2.00. The lowest BCUT2D eigenvalue weighted by Gasteiger charge is -2.11. The average Bonchev–Trinajstić information content (AvgIpc) is 2.83. The first-order chi connectivity index (χ1) is 8.38. The maximum absolute atomic E-state index is 5.45. The van der Waals surface area contributed by atoms with Gasteiger partial charge in [0.25, 0.3) is 0 Å². The largest absolute Gasteiger partial charge is 0.497 e. The summed E-state index contributed by atoms with van der Waals surface area (Å²) in [7, 11) is 1.66. The fraction of sp³-hybridized carbons (Fsp3) is 0.308. The third-order valence-corrected chi connectivity index (χ3v) is 3.07. The van der Waals surface area contributed by atoms with Gasteiger partial charge >= 0.3 is 0 Å². The lowest BCUT2D eigenvalue weighted by atomic mass is 10.0. The molecule has 0 unspecified atom stereocenters. The number of rotatable bonds is 2. The quantitative estimate of drug-likeness (QED) is 0.857. The predicted octanol–water partition coefficient (Wildman–Crippen LogP) is 2.00. The van der Waals surface area contributed by atoms with E-state index in [2.05, 4.69) is 10.5 Å². The van der Waals surface area contributed by atoms with Crippen molar-refractivity contribution in [2.24, 2.45) is 0 Å². The van der Waals surface area contributed by atoms with Gasteiger partial charge in [0.1, 0.15) is 11.4 Å². The van der Waals surface area contributed by atoms with Crippen LogP contribution in [0.1, 0.15) is 11.3 Å². The molecule has 4 nitrogen and oxygen atoms in total. The van der Waals surface area contributed by atoms with Crippen LogP contribution in [0.5, 0.6) is 5.75 Å². The lowest BCUT2D eigenvalue weighted by Crippen LogP contribution is -2.23. The highest BCUT2D eigenvalue weighted by Gasteiger charge is 2.19. The maximum Gasteiger partial charge on any atom is 0.170 e. The van der Waals surface area contributed by atoms with Gasteiger partial charge in [-0.2, -0.15) is 0 Å². The summed E-state index contributed by atoms with van der Waals surface area (Å²) < 4.78 is 10.6. The molecule has 17 heavy (non-hydrogen) atoms. The third kappa shape index (κ3) is 1.80. The zero-order valence-electron chi connectivity index (χ0n) is 9.69. The molecule has 88 valence electrons. The summed E-state index contributed by atoms with van der Waals surface area (Å²) in [5.74, 6) is 1.74. The summed E-state index contributed by atoms with van der Waals surface area (Å²) in [4.78, 5) is 0. The van der Waals surface area contributed by atoms with E-state index >= 15 is 0 Å². The van der Waals surface area contributed by atoms with Gasteiger partial charge in [0.15, 0.2) is 5.76 Å². The molecule has 0 bridgehead atoms. The number of nitrogens with zero attached hydrogens (tertiary/aromatic N) is 1. The zero-order chi connectivity index (χ0) is 11.7. The van der Waals surface area contributed by atoms with Gasteiger partial charge in [-0.05, 0) is 37.2 Å². The number of ether oxygens (including phenoxy) is 1. The van der Waals surface area contributed by atoms with Crippen LogP contribution in [-0.4, -0.2) is 18.8 Å². The van der Waals surface area contributed by atoms with Gasteiger partial charge in [0, 0.05) is 17.7 Å². The van der Waals surface area contributed by atoms with Gasteiger partial charge in [0.05, 0.1) is 7.11 Å². The van der Waals surface area contributed by atoms with E-state index in [0.29, 0.717) is 0 Å². The van der Waals surface area contributed by atoms with Crippen molar-refractivity contribution in [2.75, 3.05) is 13.7 Å². The highest BCUT2D eigenvalue weighted by molar-refractivity contribution is 5.63. The number of methoxy groups -OCH3 is 1. The van der Waals surface area contributed by atoms with Crippen LogP contribution < -0.4 is 10.1 Å². The fourth-order valence-electron chi connectivity index (χ4n) is 2.13. The van der Waals surface area contributed by atoms with Gasteiger partial charge in [-0.1, -0.05) is 5.16 Å². The Labute approximate surface area is 99.6 Å². The Hall–Kier alpha value is -1.81. The van der Waals surface area contributed by atoms with E-state index in [1.807, 2.05) is 24.3 Å². The summed E-state index contributed by atoms with van der Waals surface area (Å²) in [6.07, 6.45) is 0.972. The molecular weight excluding hydrogens is 216 g/mol. The number of hydrogen-bond donors (Lipinski definition) is 1. The smallest absolute Gasteiger partial charge is 0.170 e. The molecule has 0 atom stereocenters. The highest BCUT2D eigenvalue weighted by atomic mass is 16.5. The standard InChI is InChI=1S/C13H14N2O2/c1-16-10-4-2-9(3-5-10)13-11-6-7-14-8-12(11)15-17-13/h2-5,14H,6-8H2,1H3. The Bertz CT molecular complexity index is 517. The van der Waals surface area contributed by atoms with Crippen molar-refractivity contribution in [2.45, 2.75) is 13.0 Å². The monoisotopic (exact) mass is 230 g/mol. The van der Waals surface area contributed by atoms with Gasteiger partial charge < -0.3 is 14.6 Å². The molecule has 0 radical (unpaired) electrons. The number of benzene rings is 1. The zero-order valence-corrected chi connectivity index (χ0v) is 9.69. The fourth-order valence-corrected chi connectivity index (χ4v) is 2.13. The summed E-state index contributed by atoms with van der Waals surface area (Å²) in [5, 5.41) is 7.39. The number of aromatic nitrogens is 1. The maximum atomic E-state index is 5.45. The summed E-state index contributed by atoms with van der Waals surface area (Å²) in [6, 6.07) is 7.87. The highest BCUT2D eigenvalue weighted by Crippen LogP contribution is 2.29. The van der Waals surface area contributed by atoms with Gasteiger partial charge in [-0.15, -0.1) is 0 Å². The number of fused-ring (bicyclic) bond motifs is 1. The Morgan fingerprint density at radius 3 is 2.88 bits per heavy atom. The van der Waals surface area contributed by atoms with Gasteiger partial charge in [-0.3, -0.25) is 0 Å². The third-order valence-electron chi connectivity index (χ3n) is 3.07. The van der Waals surface area contributed by atoms with Crippen LogP contribution in [0.15, 0.2) is 28.8 Å². The SMILES string of the molecule is COc1ccc(-c2onc3c2CCNC3)cc1. The van der Waals surface area contributed by atoms with Crippen LogP contribution in [0.3, 0.4) is 0 Å². The minimum atomic E-state index is 0.801. The molecular formula is C13H14N2O2. The van der Waals surface area contributed by atoms with E-state index in [9.17, 15) is 0 Å². The van der Waals surface area contributed by atoms with Crippen LogP contribution in [0.25, 0.3) is 11.3 Å². The minimum absolute atomic E-state index is 0.801. The van der Waals surface area contributed by atoms with Crippen molar-refractivity contribution in [1.29, 1.82) is 0 Å². The predicted molar refractivity (Wildman–Crippen MR) is 63.9 cm³/mol. The lowest BCUT2D eigenvalue weighted by molar-refractivity contribution is 0.414. The molecule has 3 rings (SSSR count). The molecule has 1 aromatic carbocycles. The van der Waals surface area contributed by atoms with E-state index in [1.54, 1.807) is 7.11 Å². The second kappa shape index (κ2) is 4.22. The Morgan fingerprint density at radius 2 is 2.12 bits per heavy atom. The summed E-state index contributed by atoms with van der Waals surface area (Å²) >= 11 is 0. The van der Waals surface area contributed by atoms with Crippen LogP contribution in [0.4, 0.5) is 0 Å². The molecule has 0 saturated carbocycles. The molecule has 2 heterocycles. The molecule has 0 aliphatic carbocycles. The molecule has 1 N–H and O–H groups in total. The van der Waals surface area contributed by atoms with Crippen LogP contribution in [-0.2, 0) is 13.0 Å². The normalized spacial score (nSPS) is 14.4. The first-order valence-electron chi connectivity index (χ1n) is 5.71. The van der Waals surface area contributed by atoms with Crippen LogP contribution in [0.2, 0.25) is 0 Å². The van der Waals surface area contributed by atoms with Crippen molar-refractivity contribution in [3.05, 3.63) is 35.5 Å².